The van der Waals surface area contributed by atoms with Crippen LogP contribution in [0.2, 0.25) is 0 Å². The average Bonchev–Trinajstić information content (AvgIpc) is 3.19. The molecule has 2 aromatic rings. The number of carbonyl (C=O) groups excluding carboxylic acids is 1. The van der Waals surface area contributed by atoms with Gasteiger partial charge in [0.05, 0.1) is 19.8 Å². The van der Waals surface area contributed by atoms with Gasteiger partial charge in [0, 0.05) is 18.3 Å². The van der Waals surface area contributed by atoms with Crippen molar-refractivity contribution in [2.24, 2.45) is 0 Å². The SMILES string of the molecule is CCCCOc1cc(NC(=O)N2CCCC2c2ccccc2)ccc1OC. The first-order valence-electron chi connectivity index (χ1n) is 9.66. The molecular weight excluding hydrogens is 340 g/mol. The van der Waals surface area contributed by atoms with Crippen LogP contribution in [0.4, 0.5) is 10.5 Å². The molecule has 2 amide bonds. The fourth-order valence-corrected chi connectivity index (χ4v) is 3.42. The summed E-state index contributed by atoms with van der Waals surface area (Å²) in [6, 6.07) is 15.8. The number of hydrogen-bond acceptors (Lipinski definition) is 3. The van der Waals surface area contributed by atoms with Crippen molar-refractivity contribution in [2.45, 2.75) is 38.6 Å². The van der Waals surface area contributed by atoms with Crippen LogP contribution < -0.4 is 14.8 Å². The van der Waals surface area contributed by atoms with Crippen LogP contribution in [0.5, 0.6) is 11.5 Å². The average molecular weight is 368 g/mol. The van der Waals surface area contributed by atoms with Crippen LogP contribution in [0.3, 0.4) is 0 Å². The fourth-order valence-electron chi connectivity index (χ4n) is 3.42. The summed E-state index contributed by atoms with van der Waals surface area (Å²) < 4.78 is 11.2. The van der Waals surface area contributed by atoms with Crippen LogP contribution in [0.15, 0.2) is 48.5 Å². The van der Waals surface area contributed by atoms with E-state index in [0.29, 0.717) is 23.8 Å². The van der Waals surface area contributed by atoms with Crippen molar-refractivity contribution in [1.29, 1.82) is 0 Å². The Morgan fingerprint density at radius 3 is 2.74 bits per heavy atom. The van der Waals surface area contributed by atoms with Gasteiger partial charge in [-0.15, -0.1) is 0 Å². The maximum absolute atomic E-state index is 12.9. The summed E-state index contributed by atoms with van der Waals surface area (Å²) in [6.07, 6.45) is 4.05. The predicted octanol–water partition coefficient (Wildman–Crippen LogP) is 5.24. The van der Waals surface area contributed by atoms with E-state index in [2.05, 4.69) is 24.4 Å². The summed E-state index contributed by atoms with van der Waals surface area (Å²) >= 11 is 0. The maximum Gasteiger partial charge on any atom is 0.322 e. The van der Waals surface area contributed by atoms with E-state index in [1.165, 1.54) is 5.56 Å². The maximum atomic E-state index is 12.9. The van der Waals surface area contributed by atoms with Crippen LogP contribution in [0.1, 0.15) is 44.2 Å². The van der Waals surface area contributed by atoms with Gasteiger partial charge in [0.1, 0.15) is 0 Å². The van der Waals surface area contributed by atoms with Gasteiger partial charge in [-0.3, -0.25) is 0 Å². The first-order valence-corrected chi connectivity index (χ1v) is 9.66. The van der Waals surface area contributed by atoms with Crippen molar-refractivity contribution < 1.29 is 14.3 Å². The highest BCUT2D eigenvalue weighted by Gasteiger charge is 2.29. The second-order valence-corrected chi connectivity index (χ2v) is 6.76. The number of rotatable bonds is 7. The van der Waals surface area contributed by atoms with Gasteiger partial charge in [-0.1, -0.05) is 43.7 Å². The van der Waals surface area contributed by atoms with E-state index in [1.807, 2.05) is 41.3 Å². The number of benzene rings is 2. The van der Waals surface area contributed by atoms with E-state index in [9.17, 15) is 4.79 Å². The number of hydrogen-bond donors (Lipinski definition) is 1. The lowest BCUT2D eigenvalue weighted by Crippen LogP contribution is -2.34. The van der Waals surface area contributed by atoms with Gasteiger partial charge in [0.25, 0.3) is 0 Å². The molecule has 3 rings (SSSR count). The molecule has 144 valence electrons. The molecule has 2 aromatic carbocycles. The summed E-state index contributed by atoms with van der Waals surface area (Å²) in [5.41, 5.74) is 1.90. The minimum absolute atomic E-state index is 0.0778. The van der Waals surface area contributed by atoms with Crippen LogP contribution >= 0.6 is 0 Å². The van der Waals surface area contributed by atoms with E-state index < -0.39 is 0 Å². The van der Waals surface area contributed by atoms with Gasteiger partial charge >= 0.3 is 6.03 Å². The number of nitrogens with one attached hydrogen (secondary N) is 1. The highest BCUT2D eigenvalue weighted by Crippen LogP contribution is 2.34. The lowest BCUT2D eigenvalue weighted by Gasteiger charge is -2.25. The molecule has 0 spiro atoms. The van der Waals surface area contributed by atoms with E-state index in [-0.39, 0.29) is 12.1 Å². The molecule has 0 radical (unpaired) electrons. The number of carbonyl (C=O) groups is 1. The lowest BCUT2D eigenvalue weighted by atomic mass is 10.1. The molecule has 1 aliphatic rings. The Kier molecular flexibility index (Phi) is 6.58. The zero-order chi connectivity index (χ0) is 19.1. The number of amides is 2. The topological polar surface area (TPSA) is 50.8 Å². The monoisotopic (exact) mass is 368 g/mol. The van der Waals surface area contributed by atoms with E-state index in [0.717, 1.165) is 32.2 Å². The number of unbranched alkanes of at least 4 members (excludes halogenated alkanes) is 1. The highest BCUT2D eigenvalue weighted by atomic mass is 16.5. The molecule has 1 saturated heterocycles. The van der Waals surface area contributed by atoms with Gasteiger partial charge in [-0.05, 0) is 37.0 Å². The van der Waals surface area contributed by atoms with Crippen LogP contribution in [0, 0.1) is 0 Å². The second-order valence-electron chi connectivity index (χ2n) is 6.76. The molecule has 0 aliphatic carbocycles. The Balaban J connectivity index is 1.70. The predicted molar refractivity (Wildman–Crippen MR) is 108 cm³/mol. The number of urea groups is 1. The van der Waals surface area contributed by atoms with Crippen LogP contribution in [-0.4, -0.2) is 31.2 Å². The van der Waals surface area contributed by atoms with Crippen LogP contribution in [0.25, 0.3) is 0 Å². The Bertz CT molecular complexity index is 748. The van der Waals surface area contributed by atoms with E-state index >= 15 is 0 Å². The molecule has 1 N–H and O–H groups in total. The fraction of sp³-hybridized carbons (Fsp3) is 0.409. The number of likely N-dealkylation sites (tertiary alicyclic amines) is 1. The zero-order valence-electron chi connectivity index (χ0n) is 16.1. The minimum atomic E-state index is -0.0778. The Morgan fingerprint density at radius 2 is 2.00 bits per heavy atom. The molecular formula is C22H28N2O3. The Morgan fingerprint density at radius 1 is 1.19 bits per heavy atom. The number of methoxy groups -OCH3 is 1. The van der Waals surface area contributed by atoms with Gasteiger partial charge in [0.2, 0.25) is 0 Å². The molecule has 1 atom stereocenters. The number of ether oxygens (including phenoxy) is 2. The molecule has 5 heteroatoms. The quantitative estimate of drug-likeness (QED) is 0.680. The van der Waals surface area contributed by atoms with Crippen molar-refractivity contribution in [3.63, 3.8) is 0 Å². The molecule has 27 heavy (non-hydrogen) atoms. The smallest absolute Gasteiger partial charge is 0.322 e. The van der Waals surface area contributed by atoms with Crippen LogP contribution in [-0.2, 0) is 0 Å². The van der Waals surface area contributed by atoms with E-state index in [4.69, 9.17) is 9.47 Å². The number of nitrogens with zero attached hydrogens (tertiary/aromatic N) is 1. The van der Waals surface area contributed by atoms with Gasteiger partial charge in [-0.25, -0.2) is 4.79 Å². The van der Waals surface area contributed by atoms with E-state index in [1.54, 1.807) is 7.11 Å². The standard InChI is InChI=1S/C22H28N2O3/c1-3-4-15-27-21-16-18(12-13-20(21)26-2)23-22(25)24-14-8-11-19(24)17-9-6-5-7-10-17/h5-7,9-10,12-13,16,19H,3-4,8,11,14-15H2,1-2H3,(H,23,25). The largest absolute Gasteiger partial charge is 0.493 e. The van der Waals surface area contributed by atoms with Crippen molar-refractivity contribution >= 4 is 11.7 Å². The molecule has 1 fully saturated rings. The molecule has 5 nitrogen and oxygen atoms in total. The zero-order valence-corrected chi connectivity index (χ0v) is 16.1. The third-order valence-corrected chi connectivity index (χ3v) is 4.87. The normalized spacial score (nSPS) is 16.2. The molecule has 1 aliphatic heterocycles. The summed E-state index contributed by atoms with van der Waals surface area (Å²) in [6.45, 7) is 3.52. The molecule has 0 aromatic heterocycles. The number of anilines is 1. The van der Waals surface area contributed by atoms with Gasteiger partial charge in [-0.2, -0.15) is 0 Å². The Labute approximate surface area is 161 Å². The van der Waals surface area contributed by atoms with Gasteiger partial charge in [0.15, 0.2) is 11.5 Å². The summed E-state index contributed by atoms with van der Waals surface area (Å²) in [5.74, 6) is 1.33. The Hall–Kier alpha value is -2.69. The molecule has 1 heterocycles. The lowest BCUT2D eigenvalue weighted by molar-refractivity contribution is 0.207. The molecule has 0 saturated carbocycles. The highest BCUT2D eigenvalue weighted by molar-refractivity contribution is 5.90. The first-order chi connectivity index (χ1) is 13.2. The molecule has 1 unspecified atom stereocenters. The molecule has 0 bridgehead atoms. The first kappa shape index (κ1) is 19.1. The third-order valence-electron chi connectivity index (χ3n) is 4.87. The second kappa shape index (κ2) is 9.31. The van der Waals surface area contributed by atoms with Crippen molar-refractivity contribution in [2.75, 3.05) is 25.6 Å². The van der Waals surface area contributed by atoms with Crippen molar-refractivity contribution in [3.05, 3.63) is 54.1 Å². The minimum Gasteiger partial charge on any atom is -0.493 e. The summed E-state index contributed by atoms with van der Waals surface area (Å²) in [4.78, 5) is 14.8. The van der Waals surface area contributed by atoms with Crippen molar-refractivity contribution in [3.8, 4) is 11.5 Å². The third kappa shape index (κ3) is 4.73. The van der Waals surface area contributed by atoms with Gasteiger partial charge < -0.3 is 19.7 Å². The van der Waals surface area contributed by atoms with Crippen molar-refractivity contribution in [1.82, 2.24) is 4.90 Å². The summed E-state index contributed by atoms with van der Waals surface area (Å²) in [7, 11) is 1.62. The summed E-state index contributed by atoms with van der Waals surface area (Å²) in [5, 5.41) is 3.02.